The monoisotopic (exact) mass is 1190 g/mol. The maximum atomic E-state index is 12.4. The Labute approximate surface area is 562 Å². The average molecular weight is 1190 g/mol. The van der Waals surface area contributed by atoms with Gasteiger partial charge in [0.25, 0.3) is 11.8 Å². The number of fused-ring (bicyclic) bond motifs is 2. The minimum atomic E-state index is -5.52. The van der Waals surface area contributed by atoms with Gasteiger partial charge in [0.15, 0.2) is 5.71 Å². The Balaban J connectivity index is 0.00000494. The van der Waals surface area contributed by atoms with Crippen molar-refractivity contribution in [2.75, 3.05) is 18.9 Å². The zero-order valence-electron chi connectivity index (χ0n) is 41.7. The molecule has 2 amide bonds. The number of pyridine rings is 1. The molecule has 4 aliphatic heterocycles. The molecule has 1 fully saturated rings. The van der Waals surface area contributed by atoms with Gasteiger partial charge >= 0.3 is 166 Å². The summed E-state index contributed by atoms with van der Waals surface area (Å²) in [5.74, 6) is 8.48. The number of imide groups is 1. The van der Waals surface area contributed by atoms with E-state index in [-0.39, 0.29) is 185 Å². The fourth-order valence-corrected chi connectivity index (χ4v) is 9.60. The van der Waals surface area contributed by atoms with Crippen LogP contribution in [-0.2, 0) is 80.6 Å². The maximum absolute atomic E-state index is 12.4. The van der Waals surface area contributed by atoms with Crippen molar-refractivity contribution in [3.05, 3.63) is 101 Å². The standard InChI is InChI=1S/C45H47N5O18S4.3K/c1-44(2)35-25-32(15-14-30-16-18-34(19-17-30)70(57,58)59)26-48(22-7-5-6-13-41(53)67-50-39(51)20-21-40(50)52)42(35)46-37(44)11-8-12-38-45(3,4)36-24-31(10-9-23-66-71(60,61)62)27-49(43(36)47-38)28-33(29-69(54,55)56)68-72(63,64)65;;;/h8,11-12,16-19,24-27,33H,5-7,13,20-23,28-29H2,1-4H3,(H3-,54,55,56,57,58,59,60,61,62,63,64,65);;;/q;3*+1/p-3. The van der Waals surface area contributed by atoms with Gasteiger partial charge in [0.2, 0.25) is 20.8 Å². The molecule has 5 heterocycles. The minimum absolute atomic E-state index is 0. The van der Waals surface area contributed by atoms with Crippen molar-refractivity contribution in [1.82, 2.24) is 9.96 Å². The Morgan fingerprint density at radius 1 is 0.840 bits per heavy atom. The number of unbranched alkanes of at least 4 members (excludes halogenated alkanes) is 2. The zero-order chi connectivity index (χ0) is 53.0. The van der Waals surface area contributed by atoms with Crippen molar-refractivity contribution in [2.24, 2.45) is 15.4 Å². The SMILES string of the molecule is CC1(C)C2=CC(C#Cc3ccc(S(=O)(=O)[O-])cc3)=CN(CCCCCC(=O)ON3C(=O)CCC3=O)C2=N/C1=C\C=C\C1=Nc2c(cc(C#CCOS(=O)(=O)[O-])c[n+]2CC(CS(=O)(=O)[O-])OS(=O)(=O)[O-])C1(C)C.[K+].[K+].[K+]. The largest absolute Gasteiger partial charge is 1.00 e. The van der Waals surface area contributed by atoms with E-state index >= 15 is 0 Å². The van der Waals surface area contributed by atoms with Crippen LogP contribution in [0.3, 0.4) is 0 Å². The van der Waals surface area contributed by atoms with E-state index in [2.05, 4.69) is 32.0 Å². The first-order valence-corrected chi connectivity index (χ1v) is 27.2. The summed E-state index contributed by atoms with van der Waals surface area (Å²) in [5, 5.41) is 0.497. The molecule has 0 spiro atoms. The molecule has 23 nitrogen and oxygen atoms in total. The summed E-state index contributed by atoms with van der Waals surface area (Å²) in [6, 6.07) is 6.70. The molecule has 0 saturated carbocycles. The Morgan fingerprint density at radius 3 is 2.09 bits per heavy atom. The van der Waals surface area contributed by atoms with Crippen LogP contribution in [0.1, 0.15) is 82.9 Å². The van der Waals surface area contributed by atoms with E-state index in [9.17, 15) is 66.3 Å². The third-order valence-corrected chi connectivity index (χ3v) is 13.9. The van der Waals surface area contributed by atoms with Gasteiger partial charge in [0, 0.05) is 54.1 Å². The predicted octanol–water partition coefficient (Wildman–Crippen LogP) is -7.30. The van der Waals surface area contributed by atoms with E-state index in [4.69, 9.17) is 14.8 Å². The van der Waals surface area contributed by atoms with E-state index in [0.29, 0.717) is 64.8 Å². The maximum Gasteiger partial charge on any atom is 1.00 e. The molecule has 384 valence electrons. The van der Waals surface area contributed by atoms with Crippen LogP contribution >= 0.6 is 0 Å². The van der Waals surface area contributed by atoms with Gasteiger partial charge in [-0.25, -0.2) is 48.0 Å². The number of benzene rings is 1. The molecule has 0 bridgehead atoms. The van der Waals surface area contributed by atoms with Crippen molar-refractivity contribution in [3.8, 4) is 23.7 Å². The van der Waals surface area contributed by atoms with Crippen LogP contribution in [0.4, 0.5) is 5.82 Å². The van der Waals surface area contributed by atoms with Gasteiger partial charge in [-0.3, -0.25) is 18.0 Å². The number of hydrogen-bond donors (Lipinski definition) is 0. The van der Waals surface area contributed by atoms with Gasteiger partial charge in [-0.15, -0.1) is 5.06 Å². The Hall–Kier alpha value is -1.33. The summed E-state index contributed by atoms with van der Waals surface area (Å²) in [4.78, 5) is 52.3. The molecule has 30 heteroatoms. The van der Waals surface area contributed by atoms with Crippen LogP contribution < -0.4 is 159 Å². The predicted molar refractivity (Wildman–Crippen MR) is 247 cm³/mol. The number of carbonyl (C=O) groups excluding carboxylic acids is 3. The molecule has 6 rings (SSSR count). The van der Waals surface area contributed by atoms with Gasteiger partial charge in [0.1, 0.15) is 41.4 Å². The van der Waals surface area contributed by atoms with Gasteiger partial charge in [-0.05, 0) is 80.2 Å². The second-order valence-corrected chi connectivity index (χ2v) is 22.3. The van der Waals surface area contributed by atoms with Crippen LogP contribution in [0.15, 0.2) is 98.8 Å². The number of amidine groups is 1. The number of carbonyl (C=O) groups is 3. The first kappa shape index (κ1) is 67.9. The second-order valence-electron chi connectivity index (χ2n) is 17.5. The summed E-state index contributed by atoms with van der Waals surface area (Å²) < 4.78 is 147. The molecule has 0 N–H and O–H groups in total. The van der Waals surface area contributed by atoms with Gasteiger partial charge in [-0.1, -0.05) is 50.0 Å². The summed E-state index contributed by atoms with van der Waals surface area (Å²) in [6.07, 6.45) is 9.36. The van der Waals surface area contributed by atoms with Crippen molar-refractivity contribution in [2.45, 2.75) is 89.2 Å². The van der Waals surface area contributed by atoms with Crippen molar-refractivity contribution in [1.29, 1.82) is 0 Å². The van der Waals surface area contributed by atoms with E-state index < -0.39 is 99.6 Å². The Kier molecular flexibility index (Phi) is 25.3. The van der Waals surface area contributed by atoms with Crippen molar-refractivity contribution in [3.63, 3.8) is 0 Å². The zero-order valence-corrected chi connectivity index (χ0v) is 54.4. The number of allylic oxidation sites excluding steroid dienone is 6. The molecule has 2 aromatic rings. The summed E-state index contributed by atoms with van der Waals surface area (Å²) >= 11 is 0. The number of nitrogens with zero attached hydrogens (tertiary/aromatic N) is 5. The normalized spacial score (nSPS) is 17.6. The number of hydrogen-bond acceptors (Lipinski definition) is 21. The number of aromatic nitrogens is 1. The van der Waals surface area contributed by atoms with E-state index in [1.807, 2.05) is 24.8 Å². The van der Waals surface area contributed by atoms with Crippen LogP contribution in [-0.4, -0.2) is 116 Å². The fraction of sp³-hybridized carbons (Fsp3) is 0.378. The fourth-order valence-electron chi connectivity index (χ4n) is 7.75. The van der Waals surface area contributed by atoms with Crippen LogP contribution in [0, 0.1) is 29.1 Å². The van der Waals surface area contributed by atoms with Crippen LogP contribution in [0.25, 0.3) is 0 Å². The molecule has 1 aromatic carbocycles. The molecule has 0 aliphatic carbocycles. The molecular weight excluding hydrogens is 1140 g/mol. The third kappa shape index (κ3) is 19.4. The molecule has 4 aliphatic rings. The molecular formula is C45H44K3N5O18S4. The van der Waals surface area contributed by atoms with E-state index in [1.165, 1.54) is 22.9 Å². The molecule has 0 radical (unpaired) electrons. The Bertz CT molecular complexity index is 3340. The quantitative estimate of drug-likeness (QED) is 0.0255. The van der Waals surface area contributed by atoms with E-state index in [0.717, 1.165) is 17.7 Å². The number of rotatable bonds is 18. The van der Waals surface area contributed by atoms with Crippen molar-refractivity contribution < 1.29 is 238 Å². The summed E-state index contributed by atoms with van der Waals surface area (Å²) in [7, 11) is -20.4. The third-order valence-electron chi connectivity index (χ3n) is 11.3. The molecule has 1 aromatic heterocycles. The first-order valence-electron chi connectivity index (χ1n) is 21.6. The minimum Gasteiger partial charge on any atom is -0.748 e. The number of amides is 2. The smallest absolute Gasteiger partial charge is 0.748 e. The molecule has 75 heavy (non-hydrogen) atoms. The van der Waals surface area contributed by atoms with Gasteiger partial charge < -0.3 is 27.9 Å². The summed E-state index contributed by atoms with van der Waals surface area (Å²) in [5.41, 5.74) is 1.60. The van der Waals surface area contributed by atoms with Crippen LogP contribution in [0.2, 0.25) is 0 Å². The number of aliphatic imine (C=N–C) groups is 2. The molecule has 1 unspecified atom stereocenters. The average Bonchev–Trinajstić information content (AvgIpc) is 3.81. The number of hydroxylamine groups is 2. The second kappa shape index (κ2) is 27.9. The topological polar surface area (TPSA) is 343 Å². The Morgan fingerprint density at radius 2 is 1.49 bits per heavy atom. The molecule has 1 atom stereocenters. The molecule has 1 saturated heterocycles. The van der Waals surface area contributed by atoms with Gasteiger partial charge in [-0.2, -0.15) is 0 Å². The first-order chi connectivity index (χ1) is 33.4. The van der Waals surface area contributed by atoms with E-state index in [1.54, 1.807) is 44.3 Å². The van der Waals surface area contributed by atoms with Crippen LogP contribution in [0.5, 0.6) is 0 Å². The van der Waals surface area contributed by atoms with Crippen molar-refractivity contribution >= 4 is 76.2 Å². The summed E-state index contributed by atoms with van der Waals surface area (Å²) in [6.45, 7) is 6.27. The van der Waals surface area contributed by atoms with Gasteiger partial charge in [0.05, 0.1) is 43.0 Å².